The predicted molar refractivity (Wildman–Crippen MR) is 104 cm³/mol. The Morgan fingerprint density at radius 1 is 1.00 bits per heavy atom. The second-order valence-electron chi connectivity index (χ2n) is 6.32. The first-order valence-corrected chi connectivity index (χ1v) is 8.43. The van der Waals surface area contributed by atoms with Crippen LogP contribution in [0.25, 0.3) is 6.08 Å². The highest BCUT2D eigenvalue weighted by Gasteiger charge is 2.17. The molecule has 0 fully saturated rings. The zero-order valence-corrected chi connectivity index (χ0v) is 15.5. The molecule has 0 spiro atoms. The van der Waals surface area contributed by atoms with E-state index in [1.165, 1.54) is 0 Å². The lowest BCUT2D eigenvalue weighted by Gasteiger charge is -2.14. The summed E-state index contributed by atoms with van der Waals surface area (Å²) in [6.07, 6.45) is 1.33. The van der Waals surface area contributed by atoms with E-state index in [0.717, 1.165) is 11.3 Å². The third kappa shape index (κ3) is 5.48. The van der Waals surface area contributed by atoms with E-state index in [-0.39, 0.29) is 17.7 Å². The van der Waals surface area contributed by atoms with Gasteiger partial charge in [0.15, 0.2) is 0 Å². The Morgan fingerprint density at radius 3 is 2.15 bits per heavy atom. The van der Waals surface area contributed by atoms with Crippen LogP contribution in [-0.2, 0) is 9.53 Å². The molecule has 1 amide bonds. The average molecular weight is 352 g/mol. The molecule has 5 heteroatoms. The van der Waals surface area contributed by atoms with E-state index in [1.54, 1.807) is 44.2 Å². The summed E-state index contributed by atoms with van der Waals surface area (Å²) >= 11 is 0. The molecular weight excluding hydrogens is 328 g/mol. The minimum atomic E-state index is -0.569. The van der Waals surface area contributed by atoms with Gasteiger partial charge in [0.1, 0.15) is 5.70 Å². The number of hydrogen-bond acceptors (Lipinski definition) is 4. The molecular formula is C21H24N2O3. The van der Waals surface area contributed by atoms with Gasteiger partial charge in [0, 0.05) is 25.3 Å². The zero-order chi connectivity index (χ0) is 19.1. The average Bonchev–Trinajstić information content (AvgIpc) is 2.61. The van der Waals surface area contributed by atoms with Crippen LogP contribution in [0.2, 0.25) is 0 Å². The van der Waals surface area contributed by atoms with Crippen LogP contribution in [0.15, 0.2) is 60.3 Å². The number of rotatable bonds is 6. The van der Waals surface area contributed by atoms with Crippen LogP contribution in [0.1, 0.15) is 29.8 Å². The Hall–Kier alpha value is -3.08. The maximum absolute atomic E-state index is 12.4. The van der Waals surface area contributed by atoms with Gasteiger partial charge in [-0.05, 0) is 49.8 Å². The molecule has 0 unspecified atom stereocenters. The van der Waals surface area contributed by atoms with Crippen molar-refractivity contribution in [1.82, 2.24) is 5.32 Å². The number of carbonyl (C=O) groups excluding carboxylic acids is 2. The second kappa shape index (κ2) is 8.85. The van der Waals surface area contributed by atoms with Crippen molar-refractivity contribution >= 4 is 23.6 Å². The molecule has 136 valence electrons. The molecule has 0 aliphatic heterocycles. The summed E-state index contributed by atoms with van der Waals surface area (Å²) in [4.78, 5) is 26.8. The first-order chi connectivity index (χ1) is 12.4. The first kappa shape index (κ1) is 19.2. The maximum atomic E-state index is 12.4. The van der Waals surface area contributed by atoms with E-state index in [4.69, 9.17) is 4.74 Å². The Balaban J connectivity index is 2.28. The molecule has 0 atom stereocenters. The lowest BCUT2D eigenvalue weighted by Crippen LogP contribution is -2.29. The quantitative estimate of drug-likeness (QED) is 0.639. The fourth-order valence-corrected chi connectivity index (χ4v) is 2.24. The molecule has 0 aliphatic carbocycles. The molecule has 0 saturated carbocycles. The number of carbonyl (C=O) groups is 2. The van der Waals surface area contributed by atoms with Gasteiger partial charge in [-0.25, -0.2) is 4.79 Å². The van der Waals surface area contributed by atoms with Crippen molar-refractivity contribution in [3.63, 3.8) is 0 Å². The van der Waals surface area contributed by atoms with E-state index >= 15 is 0 Å². The van der Waals surface area contributed by atoms with Gasteiger partial charge in [0.25, 0.3) is 5.91 Å². The third-order valence-corrected chi connectivity index (χ3v) is 3.57. The lowest BCUT2D eigenvalue weighted by molar-refractivity contribution is -0.142. The first-order valence-electron chi connectivity index (χ1n) is 8.43. The maximum Gasteiger partial charge on any atom is 0.355 e. The zero-order valence-electron chi connectivity index (χ0n) is 15.5. The summed E-state index contributed by atoms with van der Waals surface area (Å²) < 4.78 is 5.25. The molecule has 0 heterocycles. The predicted octanol–water partition coefficient (Wildman–Crippen LogP) is 3.48. The van der Waals surface area contributed by atoms with Gasteiger partial charge in [-0.3, -0.25) is 4.79 Å². The van der Waals surface area contributed by atoms with E-state index < -0.39 is 5.97 Å². The van der Waals surface area contributed by atoms with E-state index in [9.17, 15) is 9.59 Å². The topological polar surface area (TPSA) is 58.6 Å². The third-order valence-electron chi connectivity index (χ3n) is 3.57. The van der Waals surface area contributed by atoms with Crippen LogP contribution in [0.3, 0.4) is 0 Å². The molecule has 0 aliphatic rings. The van der Waals surface area contributed by atoms with Crippen LogP contribution in [0.5, 0.6) is 0 Å². The number of benzene rings is 2. The molecule has 0 bridgehead atoms. The fourth-order valence-electron chi connectivity index (χ4n) is 2.24. The summed E-state index contributed by atoms with van der Waals surface area (Å²) in [6.45, 7) is 3.53. The molecule has 0 radical (unpaired) electrons. The summed E-state index contributed by atoms with van der Waals surface area (Å²) in [5.74, 6) is -0.927. The van der Waals surface area contributed by atoms with Gasteiger partial charge in [-0.2, -0.15) is 0 Å². The summed E-state index contributed by atoms with van der Waals surface area (Å²) in [5, 5.41) is 2.66. The molecule has 26 heavy (non-hydrogen) atoms. The summed E-state index contributed by atoms with van der Waals surface area (Å²) in [5.41, 5.74) is 2.41. The van der Waals surface area contributed by atoms with Crippen LogP contribution in [-0.4, -0.2) is 32.1 Å². The van der Waals surface area contributed by atoms with Crippen LogP contribution in [0, 0.1) is 0 Å². The van der Waals surface area contributed by atoms with Crippen molar-refractivity contribution in [2.24, 2.45) is 0 Å². The normalized spacial score (nSPS) is 11.2. The highest BCUT2D eigenvalue weighted by molar-refractivity contribution is 6.03. The number of nitrogens with zero attached hydrogens (tertiary/aromatic N) is 1. The van der Waals surface area contributed by atoms with Crippen LogP contribution in [0.4, 0.5) is 5.69 Å². The Bertz CT molecular complexity index is 779. The smallest absolute Gasteiger partial charge is 0.355 e. The number of hydrogen-bond donors (Lipinski definition) is 1. The molecule has 2 aromatic carbocycles. The minimum Gasteiger partial charge on any atom is -0.458 e. The van der Waals surface area contributed by atoms with Gasteiger partial charge < -0.3 is 15.0 Å². The minimum absolute atomic E-state index is 0.102. The molecule has 0 aromatic heterocycles. The molecule has 2 aromatic rings. The Morgan fingerprint density at radius 2 is 1.62 bits per heavy atom. The summed E-state index contributed by atoms with van der Waals surface area (Å²) in [7, 11) is 3.91. The van der Waals surface area contributed by atoms with Crippen molar-refractivity contribution in [2.75, 3.05) is 19.0 Å². The van der Waals surface area contributed by atoms with Crippen LogP contribution >= 0.6 is 0 Å². The highest BCUT2D eigenvalue weighted by Crippen LogP contribution is 2.15. The van der Waals surface area contributed by atoms with Gasteiger partial charge in [-0.15, -0.1) is 0 Å². The standard InChI is InChI=1S/C21H24N2O3/c1-15(2)26-21(25)19(22-20(24)17-8-6-5-7-9-17)14-16-10-12-18(13-11-16)23(3)4/h5-15H,1-4H3,(H,22,24)/b19-14+. The van der Waals surface area contributed by atoms with Gasteiger partial charge in [0.05, 0.1) is 6.10 Å². The largest absolute Gasteiger partial charge is 0.458 e. The molecule has 5 nitrogen and oxygen atoms in total. The Labute approximate surface area is 154 Å². The van der Waals surface area contributed by atoms with Crippen molar-refractivity contribution in [3.05, 3.63) is 71.4 Å². The Kier molecular flexibility index (Phi) is 6.55. The second-order valence-corrected chi connectivity index (χ2v) is 6.32. The van der Waals surface area contributed by atoms with E-state index in [1.807, 2.05) is 49.3 Å². The molecule has 0 saturated heterocycles. The van der Waals surface area contributed by atoms with Crippen molar-refractivity contribution in [3.8, 4) is 0 Å². The number of amides is 1. The van der Waals surface area contributed by atoms with E-state index in [2.05, 4.69) is 5.32 Å². The number of esters is 1. The summed E-state index contributed by atoms with van der Waals surface area (Å²) in [6, 6.07) is 16.4. The van der Waals surface area contributed by atoms with Gasteiger partial charge >= 0.3 is 5.97 Å². The lowest BCUT2D eigenvalue weighted by atomic mass is 10.1. The van der Waals surface area contributed by atoms with Crippen molar-refractivity contribution < 1.29 is 14.3 Å². The molecule has 2 rings (SSSR count). The molecule has 1 N–H and O–H groups in total. The van der Waals surface area contributed by atoms with Crippen LogP contribution < -0.4 is 10.2 Å². The van der Waals surface area contributed by atoms with Crippen molar-refractivity contribution in [1.29, 1.82) is 0 Å². The number of anilines is 1. The highest BCUT2D eigenvalue weighted by atomic mass is 16.5. The van der Waals surface area contributed by atoms with Gasteiger partial charge in [0.2, 0.25) is 0 Å². The van der Waals surface area contributed by atoms with Crippen molar-refractivity contribution in [2.45, 2.75) is 20.0 Å². The van der Waals surface area contributed by atoms with Gasteiger partial charge in [-0.1, -0.05) is 30.3 Å². The fraction of sp³-hybridized carbons (Fsp3) is 0.238. The number of nitrogens with one attached hydrogen (secondary N) is 1. The number of ether oxygens (including phenoxy) is 1. The van der Waals surface area contributed by atoms with E-state index in [0.29, 0.717) is 5.56 Å². The monoisotopic (exact) mass is 352 g/mol. The SMILES string of the molecule is CC(C)OC(=O)/C(=C\c1ccc(N(C)C)cc1)NC(=O)c1ccccc1.